The summed E-state index contributed by atoms with van der Waals surface area (Å²) in [4.78, 5) is 25.5. The Labute approximate surface area is 194 Å². The summed E-state index contributed by atoms with van der Waals surface area (Å²) < 4.78 is 11.9. The molecule has 0 aromatic heterocycles. The van der Waals surface area contributed by atoms with E-state index in [0.717, 1.165) is 49.4 Å². The molecule has 0 N–H and O–H groups in total. The van der Waals surface area contributed by atoms with E-state index in [-0.39, 0.29) is 31.4 Å². The summed E-state index contributed by atoms with van der Waals surface area (Å²) in [6, 6.07) is 9.87. The van der Waals surface area contributed by atoms with Crippen molar-refractivity contribution in [3.63, 3.8) is 0 Å². The van der Waals surface area contributed by atoms with Crippen molar-refractivity contribution >= 4 is 42.4 Å². The second kappa shape index (κ2) is 8.28. The van der Waals surface area contributed by atoms with Crippen LogP contribution in [0.1, 0.15) is 70.8 Å². The number of hydrogen-bond donors (Lipinski definition) is 0. The van der Waals surface area contributed by atoms with E-state index in [2.05, 4.69) is 29.8 Å². The average Bonchev–Trinajstić information content (AvgIpc) is 2.62. The van der Waals surface area contributed by atoms with Crippen LogP contribution in [0.5, 0.6) is 0 Å². The normalized spacial score (nSPS) is 36.9. The van der Waals surface area contributed by atoms with Crippen LogP contribution in [0.15, 0.2) is 30.3 Å². The number of carbonyl (C=O) groups is 2. The predicted molar refractivity (Wildman–Crippen MR) is 122 cm³/mol. The van der Waals surface area contributed by atoms with Crippen molar-refractivity contribution in [3.8, 4) is 0 Å². The summed E-state index contributed by atoms with van der Waals surface area (Å²) in [7, 11) is 0. The predicted octanol–water partition coefficient (Wildman–Crippen LogP) is 5.77. The molecule has 5 rings (SSSR count). The van der Waals surface area contributed by atoms with Crippen molar-refractivity contribution in [2.45, 2.75) is 81.6 Å². The molecule has 4 saturated carbocycles. The van der Waals surface area contributed by atoms with Gasteiger partial charge in [-0.2, -0.15) is 0 Å². The first-order chi connectivity index (χ1) is 14.2. The SMILES string of the molecule is CC12CC3(C)CC(OC(=O)CCCBr)(C1)CC([AsH]C(=O)OCc1ccccc1)(C2)C3. The fourth-order valence-corrected chi connectivity index (χ4v) is 11.8. The van der Waals surface area contributed by atoms with Crippen molar-refractivity contribution in [3.05, 3.63) is 35.9 Å². The Balaban J connectivity index is 1.48. The van der Waals surface area contributed by atoms with Crippen LogP contribution in [0, 0.1) is 10.8 Å². The summed E-state index contributed by atoms with van der Waals surface area (Å²) in [6.07, 6.45) is 7.34. The molecule has 0 spiro atoms. The van der Waals surface area contributed by atoms with E-state index >= 15 is 0 Å². The van der Waals surface area contributed by atoms with E-state index < -0.39 is 15.8 Å². The van der Waals surface area contributed by atoms with Gasteiger partial charge in [-0.05, 0) is 0 Å². The summed E-state index contributed by atoms with van der Waals surface area (Å²) in [5, 5.41) is 0.813. The third kappa shape index (κ3) is 4.83. The number of alkyl halides is 1. The molecule has 0 aliphatic heterocycles. The maximum absolute atomic E-state index is 12.9. The van der Waals surface area contributed by atoms with Gasteiger partial charge < -0.3 is 0 Å². The zero-order valence-corrected chi connectivity index (χ0v) is 21.7. The first kappa shape index (κ1) is 22.4. The molecule has 4 aliphatic rings. The first-order valence-electron chi connectivity index (χ1n) is 10.9. The summed E-state index contributed by atoms with van der Waals surface area (Å²) in [5.41, 5.74) is 0.953. The van der Waals surface area contributed by atoms with Gasteiger partial charge in [0.25, 0.3) is 0 Å². The Morgan fingerprint density at radius 1 is 1.00 bits per heavy atom. The third-order valence-corrected chi connectivity index (χ3v) is 10.5. The molecule has 1 aromatic carbocycles. The molecule has 4 bridgehead atoms. The molecule has 30 heavy (non-hydrogen) atoms. The van der Waals surface area contributed by atoms with Gasteiger partial charge in [-0.15, -0.1) is 0 Å². The molecule has 0 amide bonds. The van der Waals surface area contributed by atoms with Gasteiger partial charge in [0, 0.05) is 0 Å². The fourth-order valence-electron chi connectivity index (χ4n) is 7.31. The zero-order valence-electron chi connectivity index (χ0n) is 18.0. The molecule has 4 aliphatic carbocycles. The number of benzene rings is 1. The Kier molecular flexibility index (Phi) is 6.18. The maximum atomic E-state index is 12.9. The first-order valence-corrected chi connectivity index (χ1v) is 14.2. The van der Waals surface area contributed by atoms with Gasteiger partial charge in [0.05, 0.1) is 0 Å². The molecule has 4 nitrogen and oxygen atoms in total. The summed E-state index contributed by atoms with van der Waals surface area (Å²) >= 11 is 2.42. The monoisotopic (exact) mass is 538 g/mol. The Hall–Kier alpha value is -0.802. The van der Waals surface area contributed by atoms with Crippen molar-refractivity contribution in [2.24, 2.45) is 10.8 Å². The molecule has 3 unspecified atom stereocenters. The minimum atomic E-state index is -0.980. The van der Waals surface area contributed by atoms with E-state index in [9.17, 15) is 9.59 Å². The molecule has 1 aromatic rings. The van der Waals surface area contributed by atoms with Crippen LogP contribution in [0.3, 0.4) is 0 Å². The van der Waals surface area contributed by atoms with Gasteiger partial charge in [-0.25, -0.2) is 0 Å². The van der Waals surface area contributed by atoms with Crippen molar-refractivity contribution < 1.29 is 19.1 Å². The topological polar surface area (TPSA) is 52.6 Å². The number of esters is 1. The van der Waals surface area contributed by atoms with Crippen LogP contribution >= 0.6 is 15.9 Å². The number of carbonyl (C=O) groups excluding carboxylic acids is 2. The third-order valence-electron chi connectivity index (χ3n) is 6.97. The van der Waals surface area contributed by atoms with E-state index in [1.165, 1.54) is 6.42 Å². The Bertz CT molecular complexity index is 793. The van der Waals surface area contributed by atoms with Crippen LogP contribution in [-0.4, -0.2) is 37.4 Å². The van der Waals surface area contributed by atoms with Crippen LogP contribution in [0.2, 0.25) is 4.20 Å². The molecule has 0 heterocycles. The van der Waals surface area contributed by atoms with Gasteiger partial charge in [-0.3, -0.25) is 0 Å². The second-order valence-electron chi connectivity index (χ2n) is 10.6. The van der Waals surface area contributed by atoms with E-state index in [1.54, 1.807) is 0 Å². The van der Waals surface area contributed by atoms with Gasteiger partial charge in [0.15, 0.2) is 0 Å². The van der Waals surface area contributed by atoms with Gasteiger partial charge in [-0.1, -0.05) is 0 Å². The fraction of sp³-hybridized carbons (Fsp3) is 0.667. The van der Waals surface area contributed by atoms with Crippen LogP contribution < -0.4 is 0 Å². The second-order valence-corrected chi connectivity index (χ2v) is 15.0. The van der Waals surface area contributed by atoms with Crippen LogP contribution in [0.25, 0.3) is 0 Å². The van der Waals surface area contributed by atoms with Crippen molar-refractivity contribution in [2.75, 3.05) is 5.33 Å². The van der Waals surface area contributed by atoms with E-state index in [4.69, 9.17) is 9.47 Å². The van der Waals surface area contributed by atoms with E-state index in [1.807, 2.05) is 30.3 Å². The van der Waals surface area contributed by atoms with E-state index in [0.29, 0.717) is 13.0 Å². The van der Waals surface area contributed by atoms with Gasteiger partial charge in [0.1, 0.15) is 0 Å². The number of ether oxygens (including phenoxy) is 2. The van der Waals surface area contributed by atoms with Crippen molar-refractivity contribution in [1.29, 1.82) is 0 Å². The van der Waals surface area contributed by atoms with Gasteiger partial charge in [0.2, 0.25) is 0 Å². The molecular formula is C24H32AsBrO4. The quantitative estimate of drug-likeness (QED) is 0.239. The van der Waals surface area contributed by atoms with Gasteiger partial charge >= 0.3 is 195 Å². The molecule has 6 heteroatoms. The number of hydrogen-bond acceptors (Lipinski definition) is 4. The molecule has 4 fully saturated rings. The minimum absolute atomic E-state index is 0.00171. The summed E-state index contributed by atoms with van der Waals surface area (Å²) in [5.74, 6) is -0.0783. The van der Waals surface area contributed by atoms with Crippen LogP contribution in [-0.2, 0) is 20.9 Å². The van der Waals surface area contributed by atoms with Crippen molar-refractivity contribution in [1.82, 2.24) is 0 Å². The van der Waals surface area contributed by atoms with Crippen LogP contribution in [0.4, 0.5) is 4.79 Å². The average molecular weight is 539 g/mol. The molecular weight excluding hydrogens is 507 g/mol. The standard InChI is InChI=1S/C24H32AsBrO4/c1-21-12-22(2)14-23(13-21,25-20(28)29-11-18-7-4-3-5-8-18)17-24(15-21,16-22)30-19(27)9-6-10-26/h3-5,7-8,25H,6,9-17H2,1-2H3. The summed E-state index contributed by atoms with van der Waals surface area (Å²) in [6.45, 7) is 5.04. The number of halogens is 1. The molecule has 164 valence electrons. The Morgan fingerprint density at radius 3 is 2.30 bits per heavy atom. The molecule has 0 radical (unpaired) electrons. The number of rotatable bonds is 8. The zero-order chi connectivity index (χ0) is 21.5. The molecule has 0 saturated heterocycles. The Morgan fingerprint density at radius 2 is 1.67 bits per heavy atom. The molecule has 3 atom stereocenters.